The fourth-order valence-electron chi connectivity index (χ4n) is 2.89. The van der Waals surface area contributed by atoms with Crippen LogP contribution < -0.4 is 10.6 Å². The number of rotatable bonds is 10. The second-order valence-corrected chi connectivity index (χ2v) is 6.30. The van der Waals surface area contributed by atoms with Gasteiger partial charge in [-0.2, -0.15) is 0 Å². The molecule has 2 aliphatic rings. The van der Waals surface area contributed by atoms with Crippen molar-refractivity contribution >= 4 is 5.96 Å². The molecule has 0 aromatic rings. The molecule has 0 saturated carbocycles. The fraction of sp³-hybridized carbons (Fsp3) is 0.941. The molecular formula is C17H34N4O3. The molecule has 2 saturated heterocycles. The first-order valence-electron chi connectivity index (χ1n) is 9.32. The number of hydrogen-bond donors (Lipinski definition) is 2. The summed E-state index contributed by atoms with van der Waals surface area (Å²) in [6.07, 6.45) is 4.67. The van der Waals surface area contributed by atoms with Crippen molar-refractivity contribution in [2.75, 3.05) is 72.8 Å². The molecule has 1 atom stereocenters. The van der Waals surface area contributed by atoms with Gasteiger partial charge in [0.05, 0.1) is 25.9 Å². The van der Waals surface area contributed by atoms with Crippen LogP contribution in [0.1, 0.15) is 25.7 Å². The summed E-state index contributed by atoms with van der Waals surface area (Å²) >= 11 is 0. The van der Waals surface area contributed by atoms with Crippen LogP contribution in [-0.4, -0.2) is 89.8 Å². The summed E-state index contributed by atoms with van der Waals surface area (Å²) in [6.45, 7) is 9.28. The molecule has 0 spiro atoms. The molecule has 1 unspecified atom stereocenters. The molecule has 0 bridgehead atoms. The lowest BCUT2D eigenvalue weighted by molar-refractivity contribution is 0.0372. The molecule has 2 rings (SSSR count). The molecule has 2 aliphatic heterocycles. The summed E-state index contributed by atoms with van der Waals surface area (Å²) in [6, 6.07) is 0. The molecule has 24 heavy (non-hydrogen) atoms. The van der Waals surface area contributed by atoms with Crippen molar-refractivity contribution in [2.45, 2.75) is 31.8 Å². The predicted octanol–water partition coefficient (Wildman–Crippen LogP) is 0.459. The fourth-order valence-corrected chi connectivity index (χ4v) is 2.89. The Labute approximate surface area is 146 Å². The Morgan fingerprint density at radius 2 is 1.88 bits per heavy atom. The van der Waals surface area contributed by atoms with Gasteiger partial charge in [-0.25, -0.2) is 0 Å². The van der Waals surface area contributed by atoms with Crippen LogP contribution in [0.4, 0.5) is 0 Å². The van der Waals surface area contributed by atoms with E-state index in [9.17, 15) is 0 Å². The molecule has 0 aromatic heterocycles. The lowest BCUT2D eigenvalue weighted by Crippen LogP contribution is -2.39. The third kappa shape index (κ3) is 8.28. The predicted molar refractivity (Wildman–Crippen MR) is 95.7 cm³/mol. The number of aliphatic imine (C=N–C) groups is 1. The number of ether oxygens (including phenoxy) is 3. The highest BCUT2D eigenvalue weighted by molar-refractivity contribution is 5.79. The minimum Gasteiger partial charge on any atom is -0.379 e. The van der Waals surface area contributed by atoms with E-state index in [1.807, 2.05) is 7.05 Å². The van der Waals surface area contributed by atoms with Crippen molar-refractivity contribution in [3.05, 3.63) is 0 Å². The number of nitrogens with zero attached hydrogens (tertiary/aromatic N) is 2. The van der Waals surface area contributed by atoms with Gasteiger partial charge < -0.3 is 24.8 Å². The van der Waals surface area contributed by atoms with Crippen LogP contribution in [0.2, 0.25) is 0 Å². The van der Waals surface area contributed by atoms with Gasteiger partial charge in [-0.05, 0) is 32.2 Å². The third-order valence-electron chi connectivity index (χ3n) is 4.38. The van der Waals surface area contributed by atoms with Crippen LogP contribution in [0.25, 0.3) is 0 Å². The van der Waals surface area contributed by atoms with E-state index in [1.165, 1.54) is 13.0 Å². The molecule has 7 heteroatoms. The van der Waals surface area contributed by atoms with E-state index in [2.05, 4.69) is 20.5 Å². The molecular weight excluding hydrogens is 308 g/mol. The Morgan fingerprint density at radius 3 is 2.58 bits per heavy atom. The van der Waals surface area contributed by atoms with Gasteiger partial charge in [-0.3, -0.25) is 9.89 Å². The van der Waals surface area contributed by atoms with E-state index in [-0.39, 0.29) is 0 Å². The maximum Gasteiger partial charge on any atom is 0.190 e. The first-order valence-corrected chi connectivity index (χ1v) is 9.32. The molecule has 2 N–H and O–H groups in total. The van der Waals surface area contributed by atoms with Gasteiger partial charge in [0.1, 0.15) is 0 Å². The second kappa shape index (κ2) is 12.5. The van der Waals surface area contributed by atoms with Crippen LogP contribution in [-0.2, 0) is 14.2 Å². The zero-order valence-electron chi connectivity index (χ0n) is 15.1. The van der Waals surface area contributed by atoms with Gasteiger partial charge in [0, 0.05) is 46.4 Å². The van der Waals surface area contributed by atoms with E-state index in [4.69, 9.17) is 14.2 Å². The monoisotopic (exact) mass is 342 g/mol. The SMILES string of the molecule is CN=C(NCCCCN1CCOCC1)NCCCOC1CCOC1. The summed E-state index contributed by atoms with van der Waals surface area (Å²) in [5, 5.41) is 6.71. The highest BCUT2D eigenvalue weighted by Gasteiger charge is 2.15. The van der Waals surface area contributed by atoms with Crippen molar-refractivity contribution in [1.82, 2.24) is 15.5 Å². The number of hydrogen-bond acceptors (Lipinski definition) is 5. The summed E-state index contributed by atoms with van der Waals surface area (Å²) in [4.78, 5) is 6.74. The van der Waals surface area contributed by atoms with Crippen molar-refractivity contribution in [3.63, 3.8) is 0 Å². The average Bonchev–Trinajstić information content (AvgIpc) is 3.14. The second-order valence-electron chi connectivity index (χ2n) is 6.30. The molecule has 2 fully saturated rings. The zero-order chi connectivity index (χ0) is 16.9. The minimum atomic E-state index is 0.300. The van der Waals surface area contributed by atoms with Crippen LogP contribution >= 0.6 is 0 Å². The van der Waals surface area contributed by atoms with E-state index in [0.29, 0.717) is 6.10 Å². The Balaban J connectivity index is 1.40. The third-order valence-corrected chi connectivity index (χ3v) is 4.38. The van der Waals surface area contributed by atoms with Gasteiger partial charge in [-0.15, -0.1) is 0 Å². The highest BCUT2D eigenvalue weighted by atomic mass is 16.5. The largest absolute Gasteiger partial charge is 0.379 e. The van der Waals surface area contributed by atoms with Crippen molar-refractivity contribution < 1.29 is 14.2 Å². The van der Waals surface area contributed by atoms with E-state index < -0.39 is 0 Å². The molecule has 7 nitrogen and oxygen atoms in total. The van der Waals surface area contributed by atoms with Crippen molar-refractivity contribution in [1.29, 1.82) is 0 Å². The van der Waals surface area contributed by atoms with Crippen LogP contribution in [0, 0.1) is 0 Å². The zero-order valence-corrected chi connectivity index (χ0v) is 15.1. The average molecular weight is 342 g/mol. The highest BCUT2D eigenvalue weighted by Crippen LogP contribution is 2.07. The molecule has 0 aliphatic carbocycles. The quantitative estimate of drug-likeness (QED) is 0.342. The molecule has 0 radical (unpaired) electrons. The Hall–Kier alpha value is -0.890. The summed E-state index contributed by atoms with van der Waals surface area (Å²) in [7, 11) is 1.81. The van der Waals surface area contributed by atoms with Crippen LogP contribution in [0.15, 0.2) is 4.99 Å². The molecule has 0 amide bonds. The van der Waals surface area contributed by atoms with E-state index in [1.54, 1.807) is 0 Å². The number of guanidine groups is 1. The van der Waals surface area contributed by atoms with Gasteiger partial charge >= 0.3 is 0 Å². The maximum atomic E-state index is 5.75. The van der Waals surface area contributed by atoms with Gasteiger partial charge in [0.15, 0.2) is 5.96 Å². The lowest BCUT2D eigenvalue weighted by Gasteiger charge is -2.26. The smallest absolute Gasteiger partial charge is 0.190 e. The number of nitrogens with one attached hydrogen (secondary N) is 2. The Morgan fingerprint density at radius 1 is 1.08 bits per heavy atom. The first kappa shape index (κ1) is 19.4. The number of morpholine rings is 1. The Bertz CT molecular complexity index is 343. The van der Waals surface area contributed by atoms with Crippen LogP contribution in [0.5, 0.6) is 0 Å². The van der Waals surface area contributed by atoms with Crippen LogP contribution in [0.3, 0.4) is 0 Å². The summed E-state index contributed by atoms with van der Waals surface area (Å²) < 4.78 is 16.4. The van der Waals surface area contributed by atoms with E-state index in [0.717, 1.165) is 84.4 Å². The van der Waals surface area contributed by atoms with Gasteiger partial charge in [0.25, 0.3) is 0 Å². The molecule has 140 valence electrons. The van der Waals surface area contributed by atoms with Gasteiger partial charge in [0.2, 0.25) is 0 Å². The van der Waals surface area contributed by atoms with Gasteiger partial charge in [-0.1, -0.05) is 0 Å². The summed E-state index contributed by atoms with van der Waals surface area (Å²) in [5.74, 6) is 0.880. The standard InChI is InChI=1S/C17H34N4O3/c1-18-17(20-7-4-11-24-16-5-12-23-15-16)19-6-2-3-8-21-9-13-22-14-10-21/h16H,2-15H2,1H3,(H2,18,19,20). The molecule has 0 aromatic carbocycles. The Kier molecular flexibility index (Phi) is 10.1. The molecule has 2 heterocycles. The maximum absolute atomic E-state index is 5.75. The van der Waals surface area contributed by atoms with E-state index >= 15 is 0 Å². The number of unbranched alkanes of at least 4 members (excludes halogenated alkanes) is 1. The summed E-state index contributed by atoms with van der Waals surface area (Å²) in [5.41, 5.74) is 0. The van der Waals surface area contributed by atoms with Crippen molar-refractivity contribution in [3.8, 4) is 0 Å². The van der Waals surface area contributed by atoms with Crippen molar-refractivity contribution in [2.24, 2.45) is 4.99 Å². The minimum absolute atomic E-state index is 0.300. The normalized spacial score (nSPS) is 22.7. The lowest BCUT2D eigenvalue weighted by atomic mass is 10.3. The topological polar surface area (TPSA) is 67.4 Å². The first-order chi connectivity index (χ1) is 11.9.